The van der Waals surface area contributed by atoms with E-state index in [4.69, 9.17) is 14.2 Å². The van der Waals surface area contributed by atoms with Crippen LogP contribution in [0.3, 0.4) is 0 Å². The Morgan fingerprint density at radius 3 is 2.12 bits per heavy atom. The van der Waals surface area contributed by atoms with Crippen LogP contribution in [0.5, 0.6) is 0 Å². The maximum absolute atomic E-state index is 14.3. The first-order valence-electron chi connectivity index (χ1n) is 12.3. The van der Waals surface area contributed by atoms with Crippen molar-refractivity contribution in [3.05, 3.63) is 46.3 Å². The molecule has 2 rings (SSSR count). The van der Waals surface area contributed by atoms with Crippen LogP contribution >= 0.6 is 0 Å². The second kappa shape index (κ2) is 11.6. The number of carbonyl (C=O) groups excluding carboxylic acids is 2. The van der Waals surface area contributed by atoms with Gasteiger partial charge in [0.1, 0.15) is 12.6 Å². The lowest BCUT2D eigenvalue weighted by Crippen LogP contribution is -2.62. The van der Waals surface area contributed by atoms with E-state index in [-0.39, 0.29) is 24.5 Å². The summed E-state index contributed by atoms with van der Waals surface area (Å²) in [6.45, 7) is 14.4. The van der Waals surface area contributed by atoms with Crippen molar-refractivity contribution in [1.82, 2.24) is 0 Å². The van der Waals surface area contributed by atoms with Gasteiger partial charge in [0.2, 0.25) is 0 Å². The van der Waals surface area contributed by atoms with Crippen LogP contribution in [0.1, 0.15) is 80.6 Å². The van der Waals surface area contributed by atoms with Gasteiger partial charge in [0.15, 0.2) is 11.6 Å². The number of Topliss-reactive ketones (excluding diaryl/α,β-unsaturated/α-hetero) is 2. The van der Waals surface area contributed by atoms with Gasteiger partial charge >= 0.3 is 0 Å². The van der Waals surface area contributed by atoms with Gasteiger partial charge in [0.05, 0.1) is 24.5 Å². The Hall–Kier alpha value is -1.98. The van der Waals surface area contributed by atoms with E-state index in [1.807, 2.05) is 40.7 Å². The van der Waals surface area contributed by atoms with E-state index in [1.54, 1.807) is 14.2 Å². The van der Waals surface area contributed by atoms with E-state index in [0.717, 1.165) is 17.6 Å². The van der Waals surface area contributed by atoms with Gasteiger partial charge in [-0.25, -0.2) is 0 Å². The average molecular weight is 473 g/mol. The summed E-state index contributed by atoms with van der Waals surface area (Å²) >= 11 is 0. The molecule has 0 heterocycles. The summed E-state index contributed by atoms with van der Waals surface area (Å²) in [5, 5.41) is 0. The Labute approximate surface area is 206 Å². The Balaban J connectivity index is 2.76. The Morgan fingerprint density at radius 2 is 1.59 bits per heavy atom. The number of fused-ring (bicyclic) bond motifs is 2. The van der Waals surface area contributed by atoms with Crippen LogP contribution in [-0.4, -0.2) is 38.7 Å². The predicted molar refractivity (Wildman–Crippen MR) is 136 cm³/mol. The molecular weight excluding hydrogens is 428 g/mol. The van der Waals surface area contributed by atoms with E-state index in [9.17, 15) is 9.59 Å². The standard InChI is InChI=1S/C29H44O5/c1-19(2)11-10-15-28(7)23(34-18-32-8)17-29(16-14-21(5)6)26(31)24(28)25(30)22(27(29)33-9)13-12-20(3)4/h11-12,14,23-24H,10,13,15-18H2,1-9H3/t23-,24-,28+,29-/m0/s1. The van der Waals surface area contributed by atoms with Gasteiger partial charge in [0, 0.05) is 18.1 Å². The first-order valence-corrected chi connectivity index (χ1v) is 12.3. The molecule has 4 atom stereocenters. The highest BCUT2D eigenvalue weighted by atomic mass is 16.7. The normalized spacial score (nSPS) is 28.5. The number of hydrogen-bond acceptors (Lipinski definition) is 5. The second-order valence-corrected chi connectivity index (χ2v) is 10.8. The largest absolute Gasteiger partial charge is 0.500 e. The number of ether oxygens (including phenoxy) is 3. The van der Waals surface area contributed by atoms with E-state index in [1.165, 1.54) is 5.57 Å². The van der Waals surface area contributed by atoms with Crippen LogP contribution in [0.25, 0.3) is 0 Å². The molecule has 0 unspecified atom stereocenters. The van der Waals surface area contributed by atoms with Gasteiger partial charge in [0.25, 0.3) is 0 Å². The zero-order valence-electron chi connectivity index (χ0n) is 22.7. The minimum absolute atomic E-state index is 0.0234. The molecule has 0 aliphatic heterocycles. The van der Waals surface area contributed by atoms with E-state index >= 15 is 0 Å². The molecule has 2 bridgehead atoms. The summed E-state index contributed by atoms with van der Waals surface area (Å²) in [5.41, 5.74) is 2.56. The number of allylic oxidation sites excluding steroid dienone is 8. The molecule has 2 aliphatic carbocycles. The minimum atomic E-state index is -0.913. The molecule has 0 spiro atoms. The quantitative estimate of drug-likeness (QED) is 0.195. The molecule has 5 nitrogen and oxygen atoms in total. The lowest BCUT2D eigenvalue weighted by atomic mass is 9.49. The van der Waals surface area contributed by atoms with Gasteiger partial charge in [-0.1, -0.05) is 41.9 Å². The molecule has 1 saturated carbocycles. The maximum atomic E-state index is 14.3. The monoisotopic (exact) mass is 472 g/mol. The number of ketones is 2. The molecule has 0 radical (unpaired) electrons. The third kappa shape index (κ3) is 5.63. The molecule has 2 aliphatic rings. The van der Waals surface area contributed by atoms with Crippen LogP contribution in [0.2, 0.25) is 0 Å². The number of carbonyl (C=O) groups is 2. The fraction of sp³-hybridized carbons (Fsp3) is 0.655. The predicted octanol–water partition coefficient (Wildman–Crippen LogP) is 6.50. The van der Waals surface area contributed by atoms with Crippen molar-refractivity contribution in [3.8, 4) is 0 Å². The summed E-state index contributed by atoms with van der Waals surface area (Å²) in [6, 6.07) is 0. The molecule has 0 amide bonds. The van der Waals surface area contributed by atoms with Crippen molar-refractivity contribution >= 4 is 11.6 Å². The van der Waals surface area contributed by atoms with Crippen molar-refractivity contribution < 1.29 is 23.8 Å². The topological polar surface area (TPSA) is 61.8 Å². The van der Waals surface area contributed by atoms with E-state index < -0.39 is 16.7 Å². The Morgan fingerprint density at radius 1 is 0.971 bits per heavy atom. The van der Waals surface area contributed by atoms with Crippen LogP contribution in [0.4, 0.5) is 0 Å². The molecule has 0 N–H and O–H groups in total. The summed E-state index contributed by atoms with van der Waals surface area (Å²) in [4.78, 5) is 28.3. The molecule has 190 valence electrons. The molecule has 5 heteroatoms. The van der Waals surface area contributed by atoms with Crippen molar-refractivity contribution in [2.75, 3.05) is 21.0 Å². The van der Waals surface area contributed by atoms with Crippen molar-refractivity contribution in [2.24, 2.45) is 16.7 Å². The smallest absolute Gasteiger partial charge is 0.173 e. The molecule has 0 saturated heterocycles. The van der Waals surface area contributed by atoms with Crippen LogP contribution in [-0.2, 0) is 23.8 Å². The minimum Gasteiger partial charge on any atom is -0.500 e. The lowest BCUT2D eigenvalue weighted by Gasteiger charge is -2.55. The highest BCUT2D eigenvalue weighted by Crippen LogP contribution is 2.59. The molecule has 0 aromatic carbocycles. The first-order chi connectivity index (χ1) is 15.9. The zero-order chi connectivity index (χ0) is 25.7. The second-order valence-electron chi connectivity index (χ2n) is 10.8. The van der Waals surface area contributed by atoms with E-state index in [2.05, 4.69) is 26.0 Å². The molecule has 0 aromatic heterocycles. The highest BCUT2D eigenvalue weighted by molar-refractivity contribution is 6.17. The summed E-state index contributed by atoms with van der Waals surface area (Å²) < 4.78 is 17.4. The average Bonchev–Trinajstić information content (AvgIpc) is 2.74. The highest BCUT2D eigenvalue weighted by Gasteiger charge is 2.65. The zero-order valence-corrected chi connectivity index (χ0v) is 22.7. The summed E-state index contributed by atoms with van der Waals surface area (Å²) in [7, 11) is 3.17. The number of rotatable bonds is 11. The maximum Gasteiger partial charge on any atom is 0.173 e. The van der Waals surface area contributed by atoms with Crippen molar-refractivity contribution in [3.63, 3.8) is 0 Å². The van der Waals surface area contributed by atoms with Crippen LogP contribution in [0, 0.1) is 16.7 Å². The fourth-order valence-electron chi connectivity index (χ4n) is 5.46. The summed E-state index contributed by atoms with van der Waals surface area (Å²) in [5.74, 6) is -0.382. The SMILES string of the molecule is COCO[C@H]1C[C@@]2(CC=C(C)C)C(=O)[C@H](C(=O)C(CC=C(C)C)=C2OC)[C@]1(C)CCC=C(C)C. The van der Waals surface area contributed by atoms with Gasteiger partial charge in [-0.3, -0.25) is 9.59 Å². The molecule has 0 aromatic rings. The van der Waals surface area contributed by atoms with Crippen LogP contribution in [0.15, 0.2) is 46.3 Å². The molecular formula is C29H44O5. The lowest BCUT2D eigenvalue weighted by molar-refractivity contribution is -0.185. The van der Waals surface area contributed by atoms with Crippen molar-refractivity contribution in [1.29, 1.82) is 0 Å². The van der Waals surface area contributed by atoms with Gasteiger partial charge in [-0.05, 0) is 73.6 Å². The Kier molecular flexibility index (Phi) is 9.67. The third-order valence-corrected chi connectivity index (χ3v) is 7.33. The van der Waals surface area contributed by atoms with E-state index in [0.29, 0.717) is 37.0 Å². The third-order valence-electron chi connectivity index (χ3n) is 7.33. The fourth-order valence-corrected chi connectivity index (χ4v) is 5.46. The molecule has 34 heavy (non-hydrogen) atoms. The summed E-state index contributed by atoms with van der Waals surface area (Å²) in [6.07, 6.45) is 8.89. The van der Waals surface area contributed by atoms with Gasteiger partial charge in [-0.2, -0.15) is 0 Å². The molecule has 1 fully saturated rings. The first kappa shape index (κ1) is 28.3. The number of hydrogen-bond donors (Lipinski definition) is 0. The van der Waals surface area contributed by atoms with Crippen LogP contribution < -0.4 is 0 Å². The Bertz CT molecular complexity index is 893. The van der Waals surface area contributed by atoms with Gasteiger partial charge < -0.3 is 14.2 Å². The number of methoxy groups -OCH3 is 2. The van der Waals surface area contributed by atoms with Gasteiger partial charge in [-0.15, -0.1) is 0 Å². The van der Waals surface area contributed by atoms with Crippen molar-refractivity contribution in [2.45, 2.75) is 86.7 Å².